The summed E-state index contributed by atoms with van der Waals surface area (Å²) in [6, 6.07) is 11.5. The van der Waals surface area contributed by atoms with E-state index >= 15 is 0 Å². The van der Waals surface area contributed by atoms with Crippen LogP contribution >= 0.6 is 0 Å². The Kier molecular flexibility index (Phi) is 7.62. The summed E-state index contributed by atoms with van der Waals surface area (Å²) >= 11 is 0. The number of hydrogen-bond acceptors (Lipinski definition) is 5. The van der Waals surface area contributed by atoms with Crippen LogP contribution in [0.3, 0.4) is 0 Å². The summed E-state index contributed by atoms with van der Waals surface area (Å²) < 4.78 is 47.6. The van der Waals surface area contributed by atoms with E-state index in [1.165, 1.54) is 6.07 Å². The van der Waals surface area contributed by atoms with Gasteiger partial charge in [-0.2, -0.15) is 4.31 Å². The number of aromatic nitrogens is 1. The van der Waals surface area contributed by atoms with Gasteiger partial charge in [-0.3, -0.25) is 0 Å². The van der Waals surface area contributed by atoms with Crippen LogP contribution in [0.5, 0.6) is 5.75 Å². The maximum atomic E-state index is 13.8. The van der Waals surface area contributed by atoms with Crippen molar-refractivity contribution in [2.75, 3.05) is 59.5 Å². The molecule has 7 nitrogen and oxygen atoms in total. The van der Waals surface area contributed by atoms with Gasteiger partial charge in [0.05, 0.1) is 11.5 Å². The number of ether oxygens (including phenoxy) is 1. The van der Waals surface area contributed by atoms with Crippen LogP contribution in [0.4, 0.5) is 4.39 Å². The van der Waals surface area contributed by atoms with Gasteiger partial charge in [-0.05, 0) is 80.3 Å². The lowest BCUT2D eigenvalue weighted by atomic mass is 9.90. The highest BCUT2D eigenvalue weighted by molar-refractivity contribution is 7.89. The van der Waals surface area contributed by atoms with E-state index in [2.05, 4.69) is 21.8 Å². The average Bonchev–Trinajstić information content (AvgIpc) is 3.31. The molecule has 36 heavy (non-hydrogen) atoms. The summed E-state index contributed by atoms with van der Waals surface area (Å²) in [4.78, 5) is 8.30. The van der Waals surface area contributed by atoms with Crippen molar-refractivity contribution >= 4 is 20.9 Å². The zero-order valence-corrected chi connectivity index (χ0v) is 21.6. The van der Waals surface area contributed by atoms with E-state index in [4.69, 9.17) is 4.74 Å². The van der Waals surface area contributed by atoms with Gasteiger partial charge in [0.15, 0.2) is 0 Å². The van der Waals surface area contributed by atoms with E-state index < -0.39 is 10.0 Å². The lowest BCUT2D eigenvalue weighted by molar-refractivity contribution is 0.145. The number of nitrogens with one attached hydrogen (secondary N) is 1. The van der Waals surface area contributed by atoms with Gasteiger partial charge in [0.25, 0.3) is 0 Å². The summed E-state index contributed by atoms with van der Waals surface area (Å²) in [7, 11) is -1.41. The quantitative estimate of drug-likeness (QED) is 0.462. The van der Waals surface area contributed by atoms with Crippen molar-refractivity contribution in [3.05, 3.63) is 60.0 Å². The molecule has 3 heterocycles. The number of fused-ring (bicyclic) bond motifs is 1. The van der Waals surface area contributed by atoms with Crippen LogP contribution in [0.25, 0.3) is 10.9 Å². The van der Waals surface area contributed by atoms with Gasteiger partial charge in [0.1, 0.15) is 11.6 Å². The molecule has 0 unspecified atom stereocenters. The van der Waals surface area contributed by atoms with E-state index in [-0.39, 0.29) is 11.7 Å². The average molecular weight is 515 g/mol. The van der Waals surface area contributed by atoms with E-state index in [0.717, 1.165) is 55.6 Å². The SMILES string of the molecule is CN1CCN(CCCOc2ccc(S(=O)(=O)N3CCC(c4c[nH]c5ccc(F)cc45)CC3)cc2)CC1. The maximum absolute atomic E-state index is 13.8. The van der Waals surface area contributed by atoms with Crippen molar-refractivity contribution in [1.29, 1.82) is 0 Å². The van der Waals surface area contributed by atoms with Crippen LogP contribution in [0.15, 0.2) is 53.6 Å². The first-order valence-electron chi connectivity index (χ1n) is 12.8. The second-order valence-corrected chi connectivity index (χ2v) is 11.9. The Bertz CT molecular complexity index is 1260. The first-order chi connectivity index (χ1) is 17.4. The topological polar surface area (TPSA) is 68.9 Å². The summed E-state index contributed by atoms with van der Waals surface area (Å²) in [5, 5.41) is 0.885. The van der Waals surface area contributed by atoms with Gasteiger partial charge < -0.3 is 19.5 Å². The highest BCUT2D eigenvalue weighted by atomic mass is 32.2. The predicted octanol–water partition coefficient (Wildman–Crippen LogP) is 3.89. The normalized spacial score (nSPS) is 19.2. The third kappa shape index (κ3) is 5.59. The molecule has 1 aromatic heterocycles. The molecule has 2 fully saturated rings. The molecular weight excluding hydrogens is 479 g/mol. The van der Waals surface area contributed by atoms with Crippen molar-refractivity contribution in [3.8, 4) is 5.75 Å². The fourth-order valence-electron chi connectivity index (χ4n) is 5.27. The lowest BCUT2D eigenvalue weighted by Crippen LogP contribution is -2.44. The fraction of sp³-hybridized carbons (Fsp3) is 0.481. The molecule has 2 aliphatic heterocycles. The van der Waals surface area contributed by atoms with Gasteiger partial charge in [0.2, 0.25) is 10.0 Å². The third-order valence-corrected chi connectivity index (χ3v) is 9.43. The Hall–Kier alpha value is -2.46. The molecule has 0 atom stereocenters. The molecule has 3 aromatic rings. The van der Waals surface area contributed by atoms with Crippen LogP contribution in [-0.2, 0) is 10.0 Å². The van der Waals surface area contributed by atoms with E-state index in [9.17, 15) is 12.8 Å². The second kappa shape index (κ2) is 10.9. The number of sulfonamides is 1. The Morgan fingerprint density at radius 1 is 1.00 bits per heavy atom. The molecule has 0 amide bonds. The smallest absolute Gasteiger partial charge is 0.243 e. The minimum Gasteiger partial charge on any atom is -0.494 e. The Labute approximate surface area is 212 Å². The first-order valence-corrected chi connectivity index (χ1v) is 14.2. The Morgan fingerprint density at radius 2 is 1.72 bits per heavy atom. The molecule has 194 valence electrons. The van der Waals surface area contributed by atoms with Gasteiger partial charge in [-0.1, -0.05) is 0 Å². The molecule has 5 rings (SSSR count). The number of nitrogens with zero attached hydrogens (tertiary/aromatic N) is 3. The van der Waals surface area contributed by atoms with Crippen LogP contribution < -0.4 is 4.74 Å². The molecule has 2 aliphatic rings. The highest BCUT2D eigenvalue weighted by Gasteiger charge is 2.31. The summed E-state index contributed by atoms with van der Waals surface area (Å²) in [5.74, 6) is 0.636. The van der Waals surface area contributed by atoms with Crippen molar-refractivity contribution in [1.82, 2.24) is 19.1 Å². The van der Waals surface area contributed by atoms with Crippen molar-refractivity contribution in [2.45, 2.75) is 30.1 Å². The van der Waals surface area contributed by atoms with Gasteiger partial charge in [-0.25, -0.2) is 12.8 Å². The number of benzene rings is 2. The number of hydrogen-bond donors (Lipinski definition) is 1. The molecule has 0 bridgehead atoms. The molecule has 0 aliphatic carbocycles. The van der Waals surface area contributed by atoms with Crippen LogP contribution in [0, 0.1) is 5.82 Å². The first kappa shape index (κ1) is 25.2. The fourth-order valence-corrected chi connectivity index (χ4v) is 6.74. The molecule has 0 radical (unpaired) electrons. The molecule has 1 N–H and O–H groups in total. The number of likely N-dealkylation sites (N-methyl/N-ethyl adjacent to an activating group) is 1. The number of halogens is 1. The van der Waals surface area contributed by atoms with Crippen LogP contribution in [0.1, 0.15) is 30.7 Å². The summed E-state index contributed by atoms with van der Waals surface area (Å²) in [6.07, 6.45) is 4.29. The maximum Gasteiger partial charge on any atom is 0.243 e. The number of H-pyrrole nitrogens is 1. The molecule has 0 spiro atoms. The lowest BCUT2D eigenvalue weighted by Gasteiger charge is -2.32. The molecular formula is C27H35FN4O3S. The Balaban J connectivity index is 1.12. The highest BCUT2D eigenvalue weighted by Crippen LogP contribution is 2.35. The van der Waals surface area contributed by atoms with Crippen molar-refractivity contribution in [3.63, 3.8) is 0 Å². The largest absolute Gasteiger partial charge is 0.494 e. The molecule has 2 saturated heterocycles. The zero-order chi connectivity index (χ0) is 25.1. The summed E-state index contributed by atoms with van der Waals surface area (Å²) in [5.41, 5.74) is 1.97. The van der Waals surface area contributed by atoms with E-state index in [0.29, 0.717) is 43.2 Å². The van der Waals surface area contributed by atoms with Gasteiger partial charge >= 0.3 is 0 Å². The minimum absolute atomic E-state index is 0.202. The van der Waals surface area contributed by atoms with Gasteiger partial charge in [-0.15, -0.1) is 0 Å². The molecule has 2 aromatic carbocycles. The zero-order valence-electron chi connectivity index (χ0n) is 20.8. The molecule has 0 saturated carbocycles. The third-order valence-electron chi connectivity index (χ3n) is 7.51. The van der Waals surface area contributed by atoms with Gasteiger partial charge in [0, 0.05) is 62.9 Å². The number of rotatable bonds is 8. The van der Waals surface area contributed by atoms with E-state index in [1.54, 1.807) is 40.7 Å². The van der Waals surface area contributed by atoms with Crippen LogP contribution in [0.2, 0.25) is 0 Å². The van der Waals surface area contributed by atoms with E-state index in [1.807, 2.05) is 6.20 Å². The van der Waals surface area contributed by atoms with Crippen molar-refractivity contribution < 1.29 is 17.5 Å². The summed E-state index contributed by atoms with van der Waals surface area (Å²) in [6.45, 7) is 6.93. The second-order valence-electron chi connectivity index (χ2n) is 9.93. The minimum atomic E-state index is -3.57. The predicted molar refractivity (Wildman–Crippen MR) is 139 cm³/mol. The standard InChI is InChI=1S/C27H35FN4O3S/c1-30-14-16-31(17-15-30)11-2-18-35-23-4-6-24(7-5-23)36(33,34)32-12-9-21(10-13-32)26-20-29-27-8-3-22(28)19-25(26)27/h3-8,19-21,29H,2,9-18H2,1H3. The number of piperazine rings is 1. The van der Waals surface area contributed by atoms with Crippen LogP contribution in [-0.4, -0.2) is 87.0 Å². The van der Waals surface area contributed by atoms with Crippen molar-refractivity contribution in [2.24, 2.45) is 0 Å². The monoisotopic (exact) mass is 514 g/mol. The number of piperidine rings is 1. The Morgan fingerprint density at radius 3 is 2.44 bits per heavy atom. The molecule has 9 heteroatoms. The number of aromatic amines is 1.